The molecule has 0 heteroatoms. The minimum absolute atomic E-state index is 1.17. The first-order valence-corrected chi connectivity index (χ1v) is 6.21. The van der Waals surface area contributed by atoms with Gasteiger partial charge in [-0.05, 0) is 32.1 Å². The van der Waals surface area contributed by atoms with Crippen molar-refractivity contribution in [3.63, 3.8) is 0 Å². The van der Waals surface area contributed by atoms with Crippen LogP contribution >= 0.6 is 0 Å². The quantitative estimate of drug-likeness (QED) is 0.347. The molecule has 0 aromatic carbocycles. The fourth-order valence-electron chi connectivity index (χ4n) is 1.40. The second-order valence-corrected chi connectivity index (χ2v) is 3.78. The lowest BCUT2D eigenvalue weighted by molar-refractivity contribution is 0.674. The Hall–Kier alpha value is -0.520. The molecule has 0 saturated heterocycles. The third kappa shape index (κ3) is 11.5. The number of hydrogen-bond donors (Lipinski definition) is 0. The van der Waals surface area contributed by atoms with E-state index in [0.717, 1.165) is 0 Å². The summed E-state index contributed by atoms with van der Waals surface area (Å²) >= 11 is 0. The summed E-state index contributed by atoms with van der Waals surface area (Å²) in [6.07, 6.45) is 19.6. The average molecular weight is 194 g/mol. The monoisotopic (exact) mass is 194 g/mol. The van der Waals surface area contributed by atoms with Crippen LogP contribution in [-0.4, -0.2) is 0 Å². The van der Waals surface area contributed by atoms with Crippen LogP contribution in [0.5, 0.6) is 0 Å². The van der Waals surface area contributed by atoms with Crippen LogP contribution in [0.25, 0.3) is 0 Å². The molecular weight excluding hydrogens is 168 g/mol. The first kappa shape index (κ1) is 13.5. The third-order valence-corrected chi connectivity index (χ3v) is 2.29. The minimum atomic E-state index is 1.17. The summed E-state index contributed by atoms with van der Waals surface area (Å²) in [7, 11) is 0. The molecule has 0 amide bonds. The summed E-state index contributed by atoms with van der Waals surface area (Å²) in [6.45, 7) is 4.44. The summed E-state index contributed by atoms with van der Waals surface area (Å²) in [5, 5.41) is 0. The number of allylic oxidation sites excluding steroid dienone is 4. The molecule has 14 heavy (non-hydrogen) atoms. The van der Waals surface area contributed by atoms with Gasteiger partial charge >= 0.3 is 0 Å². The topological polar surface area (TPSA) is 0 Å². The maximum absolute atomic E-state index is 2.34. The van der Waals surface area contributed by atoms with E-state index in [9.17, 15) is 0 Å². The van der Waals surface area contributed by atoms with Gasteiger partial charge in [0.15, 0.2) is 0 Å². The Labute approximate surface area is 90.1 Å². The molecule has 0 heterocycles. The summed E-state index contributed by atoms with van der Waals surface area (Å²) in [6, 6.07) is 0. The van der Waals surface area contributed by atoms with E-state index < -0.39 is 0 Å². The van der Waals surface area contributed by atoms with Crippen LogP contribution in [0.1, 0.15) is 65.2 Å². The molecule has 0 aliphatic rings. The highest BCUT2D eigenvalue weighted by Crippen LogP contribution is 2.03. The smallest absolute Gasteiger partial charge is 0.0316 e. The fourth-order valence-corrected chi connectivity index (χ4v) is 1.40. The first-order chi connectivity index (χ1) is 6.91. The molecule has 0 fully saturated rings. The van der Waals surface area contributed by atoms with Gasteiger partial charge in [0, 0.05) is 0 Å². The predicted octanol–water partition coefficient (Wildman–Crippen LogP) is 5.26. The predicted molar refractivity (Wildman–Crippen MR) is 66.6 cm³/mol. The van der Waals surface area contributed by atoms with E-state index in [4.69, 9.17) is 0 Å². The molecular formula is C14H26. The van der Waals surface area contributed by atoms with Crippen molar-refractivity contribution < 1.29 is 0 Å². The highest BCUT2D eigenvalue weighted by atomic mass is 13.9. The molecule has 0 rings (SSSR count). The second kappa shape index (κ2) is 12.5. The molecule has 0 saturated carbocycles. The normalized spacial score (nSPS) is 11.9. The Morgan fingerprint density at radius 1 is 0.643 bits per heavy atom. The molecule has 0 nitrogen and oxygen atoms in total. The van der Waals surface area contributed by atoms with E-state index in [1.165, 1.54) is 51.4 Å². The number of rotatable bonds is 9. The molecule has 0 spiro atoms. The van der Waals surface area contributed by atoms with Gasteiger partial charge in [0.1, 0.15) is 0 Å². The second-order valence-electron chi connectivity index (χ2n) is 3.78. The average Bonchev–Trinajstić information content (AvgIpc) is 2.21. The minimum Gasteiger partial charge on any atom is -0.0888 e. The summed E-state index contributed by atoms with van der Waals surface area (Å²) in [5.74, 6) is 0. The Balaban J connectivity index is 3.07. The molecule has 82 valence electrons. The molecule has 0 aliphatic heterocycles. The van der Waals surface area contributed by atoms with Crippen molar-refractivity contribution in [1.82, 2.24) is 0 Å². The van der Waals surface area contributed by atoms with Crippen LogP contribution in [0, 0.1) is 0 Å². The third-order valence-electron chi connectivity index (χ3n) is 2.29. The summed E-state index contributed by atoms with van der Waals surface area (Å²) in [4.78, 5) is 0. The van der Waals surface area contributed by atoms with E-state index in [2.05, 4.69) is 38.2 Å². The molecule has 0 atom stereocenters. The lowest BCUT2D eigenvalue weighted by atomic mass is 10.1. The van der Waals surface area contributed by atoms with Gasteiger partial charge in [0.25, 0.3) is 0 Å². The van der Waals surface area contributed by atoms with Crippen LogP contribution in [0.2, 0.25) is 0 Å². The maximum atomic E-state index is 2.34. The van der Waals surface area contributed by atoms with Crippen molar-refractivity contribution >= 4 is 0 Å². The SMILES string of the molecule is CCC=CCCC=CCCCCCC. The van der Waals surface area contributed by atoms with Crippen LogP contribution in [-0.2, 0) is 0 Å². The maximum Gasteiger partial charge on any atom is -0.0316 e. The van der Waals surface area contributed by atoms with Crippen LogP contribution in [0.4, 0.5) is 0 Å². The molecule has 0 aromatic rings. The van der Waals surface area contributed by atoms with Gasteiger partial charge in [-0.3, -0.25) is 0 Å². The largest absolute Gasteiger partial charge is 0.0888 e. The standard InChI is InChI=1S/C14H26/c1-3-5-7-9-11-13-14-12-10-8-6-4-2/h5,7,13-14H,3-4,6,8-12H2,1-2H3. The lowest BCUT2D eigenvalue weighted by Crippen LogP contribution is -1.73. The van der Waals surface area contributed by atoms with Crippen molar-refractivity contribution in [1.29, 1.82) is 0 Å². The Kier molecular flexibility index (Phi) is 12.0. The van der Waals surface area contributed by atoms with E-state index in [-0.39, 0.29) is 0 Å². The van der Waals surface area contributed by atoms with Crippen molar-refractivity contribution in [2.24, 2.45) is 0 Å². The van der Waals surface area contributed by atoms with Gasteiger partial charge in [0.05, 0.1) is 0 Å². The van der Waals surface area contributed by atoms with Gasteiger partial charge in [-0.2, -0.15) is 0 Å². The van der Waals surface area contributed by atoms with E-state index in [1.54, 1.807) is 0 Å². The Bertz CT molecular complexity index is 142. The highest BCUT2D eigenvalue weighted by Gasteiger charge is 1.83. The lowest BCUT2D eigenvalue weighted by Gasteiger charge is -1.93. The fraction of sp³-hybridized carbons (Fsp3) is 0.714. The van der Waals surface area contributed by atoms with Crippen molar-refractivity contribution in [3.8, 4) is 0 Å². The van der Waals surface area contributed by atoms with Crippen molar-refractivity contribution in [3.05, 3.63) is 24.3 Å². The van der Waals surface area contributed by atoms with Crippen molar-refractivity contribution in [2.45, 2.75) is 65.2 Å². The molecule has 0 unspecified atom stereocenters. The van der Waals surface area contributed by atoms with E-state index in [1.807, 2.05) is 0 Å². The van der Waals surface area contributed by atoms with Gasteiger partial charge < -0.3 is 0 Å². The zero-order chi connectivity index (χ0) is 10.5. The van der Waals surface area contributed by atoms with E-state index >= 15 is 0 Å². The first-order valence-electron chi connectivity index (χ1n) is 6.21. The van der Waals surface area contributed by atoms with Crippen LogP contribution < -0.4 is 0 Å². The summed E-state index contributed by atoms with van der Waals surface area (Å²) < 4.78 is 0. The molecule has 0 radical (unpaired) electrons. The zero-order valence-electron chi connectivity index (χ0n) is 9.97. The van der Waals surface area contributed by atoms with Gasteiger partial charge in [-0.25, -0.2) is 0 Å². The number of unbranched alkanes of at least 4 members (excludes halogenated alkanes) is 5. The van der Waals surface area contributed by atoms with Crippen molar-refractivity contribution in [2.75, 3.05) is 0 Å². The van der Waals surface area contributed by atoms with Gasteiger partial charge in [0.2, 0.25) is 0 Å². The Morgan fingerprint density at radius 2 is 1.29 bits per heavy atom. The van der Waals surface area contributed by atoms with E-state index in [0.29, 0.717) is 0 Å². The molecule has 0 bridgehead atoms. The number of hydrogen-bond acceptors (Lipinski definition) is 0. The molecule has 0 aromatic heterocycles. The Morgan fingerprint density at radius 3 is 1.93 bits per heavy atom. The molecule has 0 aliphatic carbocycles. The molecule has 0 N–H and O–H groups in total. The zero-order valence-corrected chi connectivity index (χ0v) is 9.97. The van der Waals surface area contributed by atoms with Gasteiger partial charge in [-0.1, -0.05) is 57.4 Å². The van der Waals surface area contributed by atoms with Crippen LogP contribution in [0.3, 0.4) is 0 Å². The van der Waals surface area contributed by atoms with Gasteiger partial charge in [-0.15, -0.1) is 0 Å². The van der Waals surface area contributed by atoms with Crippen LogP contribution in [0.15, 0.2) is 24.3 Å². The summed E-state index contributed by atoms with van der Waals surface area (Å²) in [5.41, 5.74) is 0. The highest BCUT2D eigenvalue weighted by molar-refractivity contribution is 4.87.